The Labute approximate surface area is 98.7 Å². The van der Waals surface area contributed by atoms with Crippen LogP contribution in [0.3, 0.4) is 0 Å². The Balaban J connectivity index is 2.08. The summed E-state index contributed by atoms with van der Waals surface area (Å²) in [7, 11) is 5.43. The van der Waals surface area contributed by atoms with Gasteiger partial charge in [-0.3, -0.25) is 4.68 Å². The maximum atomic E-state index is 9.99. The van der Waals surface area contributed by atoms with Crippen molar-refractivity contribution in [2.75, 3.05) is 19.0 Å². The molecule has 0 aliphatic carbocycles. The number of aliphatic hydroxyl groups excluding tert-OH is 1. The molecule has 2 rings (SSSR count). The number of rotatable bonds is 4. The highest BCUT2D eigenvalue weighted by Crippen LogP contribution is 2.17. The molecule has 0 amide bonds. The molecule has 0 aromatic carbocycles. The summed E-state index contributed by atoms with van der Waals surface area (Å²) in [5, 5.41) is 17.8. The molecule has 0 aliphatic heterocycles. The smallest absolute Gasteiger partial charge is 0.265 e. The zero-order valence-corrected chi connectivity index (χ0v) is 10.0. The fraction of sp³-hybridized carbons (Fsp3) is 0.500. The number of aromatic nitrogens is 4. The summed E-state index contributed by atoms with van der Waals surface area (Å²) < 4.78 is 6.66. The summed E-state index contributed by atoms with van der Waals surface area (Å²) in [6.07, 6.45) is 1.22. The van der Waals surface area contributed by atoms with E-state index in [0.29, 0.717) is 11.8 Å². The van der Waals surface area contributed by atoms with Crippen molar-refractivity contribution in [3.8, 4) is 0 Å². The maximum absolute atomic E-state index is 9.99. The van der Waals surface area contributed by atoms with E-state index in [-0.39, 0.29) is 6.42 Å². The summed E-state index contributed by atoms with van der Waals surface area (Å²) in [6, 6.07) is 1.76. The third-order valence-electron chi connectivity index (χ3n) is 2.43. The average Bonchev–Trinajstić information content (AvgIpc) is 2.86. The van der Waals surface area contributed by atoms with Crippen molar-refractivity contribution >= 4 is 5.95 Å². The van der Waals surface area contributed by atoms with Gasteiger partial charge >= 0.3 is 0 Å². The molecule has 1 N–H and O–H groups in total. The Morgan fingerprint density at radius 1 is 1.53 bits per heavy atom. The molecular formula is C10H15N5O2. The summed E-state index contributed by atoms with van der Waals surface area (Å²) >= 11 is 0. The van der Waals surface area contributed by atoms with Crippen LogP contribution in [0, 0.1) is 0 Å². The van der Waals surface area contributed by atoms with E-state index in [4.69, 9.17) is 4.52 Å². The lowest BCUT2D eigenvalue weighted by Crippen LogP contribution is -2.11. The Bertz CT molecular complexity index is 490. The molecule has 0 radical (unpaired) electrons. The number of aliphatic hydroxyl groups is 1. The molecule has 0 saturated carbocycles. The van der Waals surface area contributed by atoms with Crippen molar-refractivity contribution in [2.45, 2.75) is 12.5 Å². The van der Waals surface area contributed by atoms with E-state index in [1.165, 1.54) is 0 Å². The lowest BCUT2D eigenvalue weighted by Gasteiger charge is -2.07. The van der Waals surface area contributed by atoms with Gasteiger partial charge < -0.3 is 14.5 Å². The summed E-state index contributed by atoms with van der Waals surface area (Å²) in [4.78, 5) is 5.89. The van der Waals surface area contributed by atoms with E-state index < -0.39 is 6.10 Å². The van der Waals surface area contributed by atoms with Gasteiger partial charge in [0.1, 0.15) is 6.10 Å². The van der Waals surface area contributed by atoms with Gasteiger partial charge in [0.2, 0.25) is 5.89 Å². The normalized spacial score (nSPS) is 12.7. The molecule has 17 heavy (non-hydrogen) atoms. The summed E-state index contributed by atoms with van der Waals surface area (Å²) in [6.45, 7) is 0. The van der Waals surface area contributed by atoms with Crippen LogP contribution in [0.4, 0.5) is 5.95 Å². The van der Waals surface area contributed by atoms with Crippen LogP contribution >= 0.6 is 0 Å². The van der Waals surface area contributed by atoms with Crippen molar-refractivity contribution < 1.29 is 9.63 Å². The quantitative estimate of drug-likeness (QED) is 0.815. The van der Waals surface area contributed by atoms with E-state index in [1.54, 1.807) is 28.9 Å². The molecule has 2 aromatic rings. The molecule has 0 fully saturated rings. The van der Waals surface area contributed by atoms with Crippen LogP contribution < -0.4 is 4.90 Å². The van der Waals surface area contributed by atoms with Gasteiger partial charge in [0.05, 0.1) is 12.1 Å². The zero-order chi connectivity index (χ0) is 12.4. The molecule has 7 nitrogen and oxygen atoms in total. The van der Waals surface area contributed by atoms with Crippen molar-refractivity contribution in [2.24, 2.45) is 7.05 Å². The Morgan fingerprint density at radius 2 is 2.29 bits per heavy atom. The molecule has 0 bridgehead atoms. The van der Waals surface area contributed by atoms with Crippen LogP contribution in [0.15, 0.2) is 16.8 Å². The minimum atomic E-state index is -0.696. The van der Waals surface area contributed by atoms with Crippen molar-refractivity contribution in [3.05, 3.63) is 23.8 Å². The van der Waals surface area contributed by atoms with Gasteiger partial charge in [-0.05, 0) is 11.2 Å². The molecule has 7 heteroatoms. The first-order valence-corrected chi connectivity index (χ1v) is 5.24. The third-order valence-corrected chi connectivity index (χ3v) is 2.43. The molecule has 0 saturated heterocycles. The summed E-state index contributed by atoms with van der Waals surface area (Å²) in [5.74, 6) is 0.902. The largest absolute Gasteiger partial charge is 0.386 e. The van der Waals surface area contributed by atoms with Crippen LogP contribution in [0.2, 0.25) is 0 Å². The Kier molecular flexibility index (Phi) is 3.10. The third kappa shape index (κ3) is 2.44. The topological polar surface area (TPSA) is 80.2 Å². The van der Waals surface area contributed by atoms with Crippen LogP contribution in [0.1, 0.15) is 17.7 Å². The van der Waals surface area contributed by atoms with Gasteiger partial charge in [-0.1, -0.05) is 0 Å². The number of anilines is 1. The molecule has 1 unspecified atom stereocenters. The minimum absolute atomic E-state index is 0.278. The van der Waals surface area contributed by atoms with E-state index >= 15 is 0 Å². The monoisotopic (exact) mass is 237 g/mol. The fourth-order valence-corrected chi connectivity index (χ4v) is 1.49. The second-order valence-electron chi connectivity index (χ2n) is 3.98. The van der Waals surface area contributed by atoms with Gasteiger partial charge in [-0.2, -0.15) is 10.1 Å². The lowest BCUT2D eigenvalue weighted by molar-refractivity contribution is 0.155. The van der Waals surface area contributed by atoms with Crippen molar-refractivity contribution in [1.82, 2.24) is 19.9 Å². The second kappa shape index (κ2) is 4.54. The maximum Gasteiger partial charge on any atom is 0.265 e. The van der Waals surface area contributed by atoms with Crippen molar-refractivity contribution in [3.63, 3.8) is 0 Å². The number of nitrogens with zero attached hydrogens (tertiary/aromatic N) is 5. The first-order chi connectivity index (χ1) is 8.08. The molecule has 0 aliphatic rings. The SMILES string of the molecule is CN(C)c1noc(CC(O)c2ccnn2C)n1. The highest BCUT2D eigenvalue weighted by molar-refractivity contribution is 5.23. The predicted molar refractivity (Wildman–Crippen MR) is 60.5 cm³/mol. The molecule has 2 heterocycles. The van der Waals surface area contributed by atoms with E-state index in [0.717, 1.165) is 5.69 Å². The number of hydrogen-bond acceptors (Lipinski definition) is 6. The van der Waals surface area contributed by atoms with Crippen LogP contribution in [-0.2, 0) is 13.5 Å². The fourth-order valence-electron chi connectivity index (χ4n) is 1.49. The van der Waals surface area contributed by atoms with Gasteiger partial charge in [0, 0.05) is 27.3 Å². The van der Waals surface area contributed by atoms with Gasteiger partial charge in [-0.25, -0.2) is 0 Å². The highest BCUT2D eigenvalue weighted by Gasteiger charge is 2.17. The molecule has 0 spiro atoms. The van der Waals surface area contributed by atoms with Crippen LogP contribution in [0.25, 0.3) is 0 Å². The second-order valence-corrected chi connectivity index (χ2v) is 3.98. The molecule has 2 aromatic heterocycles. The standard InChI is InChI=1S/C10H15N5O2/c1-14(2)10-12-9(17-13-10)6-8(16)7-4-5-11-15(7)3/h4-5,8,16H,6H2,1-3H3. The Hall–Kier alpha value is -1.89. The van der Waals surface area contributed by atoms with Gasteiger partial charge in [0.25, 0.3) is 5.95 Å². The van der Waals surface area contributed by atoms with E-state index in [2.05, 4.69) is 15.2 Å². The van der Waals surface area contributed by atoms with Gasteiger partial charge in [-0.15, -0.1) is 0 Å². The van der Waals surface area contributed by atoms with E-state index in [1.807, 2.05) is 14.1 Å². The minimum Gasteiger partial charge on any atom is -0.386 e. The van der Waals surface area contributed by atoms with Crippen LogP contribution in [-0.4, -0.2) is 39.1 Å². The van der Waals surface area contributed by atoms with Crippen molar-refractivity contribution in [1.29, 1.82) is 0 Å². The first-order valence-electron chi connectivity index (χ1n) is 5.24. The lowest BCUT2D eigenvalue weighted by atomic mass is 10.2. The average molecular weight is 237 g/mol. The predicted octanol–water partition coefficient (Wildman–Crippen LogP) is 0.145. The van der Waals surface area contributed by atoms with E-state index in [9.17, 15) is 5.11 Å². The number of hydrogen-bond donors (Lipinski definition) is 1. The summed E-state index contributed by atoms with van der Waals surface area (Å²) in [5.41, 5.74) is 0.717. The first kappa shape index (κ1) is 11.6. The van der Waals surface area contributed by atoms with Gasteiger partial charge in [0.15, 0.2) is 0 Å². The number of aryl methyl sites for hydroxylation is 1. The molecule has 92 valence electrons. The van der Waals surface area contributed by atoms with Crippen LogP contribution in [0.5, 0.6) is 0 Å². The molecular weight excluding hydrogens is 222 g/mol. The molecule has 1 atom stereocenters. The zero-order valence-electron chi connectivity index (χ0n) is 10.0. The highest BCUT2D eigenvalue weighted by atomic mass is 16.5. The Morgan fingerprint density at radius 3 is 2.82 bits per heavy atom.